The van der Waals surface area contributed by atoms with Gasteiger partial charge < -0.3 is 4.98 Å². The quantitative estimate of drug-likeness (QED) is 0.778. The second-order valence-corrected chi connectivity index (χ2v) is 5.16. The summed E-state index contributed by atoms with van der Waals surface area (Å²) in [6.07, 6.45) is 0. The lowest BCUT2D eigenvalue weighted by Gasteiger charge is -2.02. The summed E-state index contributed by atoms with van der Waals surface area (Å²) in [6.45, 7) is 1.93. The van der Waals surface area contributed by atoms with Crippen molar-refractivity contribution in [3.05, 3.63) is 57.1 Å². The van der Waals surface area contributed by atoms with Gasteiger partial charge in [-0.3, -0.25) is 4.79 Å². The number of H-pyrrole nitrogens is 1. The zero-order valence-corrected chi connectivity index (χ0v) is 11.1. The molecule has 0 saturated heterocycles. The molecule has 3 rings (SSSR count). The highest BCUT2D eigenvalue weighted by molar-refractivity contribution is 7.09. The van der Waals surface area contributed by atoms with E-state index in [9.17, 15) is 4.79 Å². The molecule has 0 bridgehead atoms. The fourth-order valence-corrected chi connectivity index (χ4v) is 2.41. The van der Waals surface area contributed by atoms with Crippen molar-refractivity contribution >= 4 is 11.3 Å². The summed E-state index contributed by atoms with van der Waals surface area (Å²) >= 11 is 1.54. The molecule has 1 N–H and O–H groups in total. The number of rotatable bonds is 2. The highest BCUT2D eigenvalue weighted by Crippen LogP contribution is 2.20. The molecule has 0 unspecified atom stereocenters. The predicted octanol–water partition coefficient (Wildman–Crippen LogP) is 2.87. The van der Waals surface area contributed by atoms with Crippen molar-refractivity contribution in [3.63, 3.8) is 0 Å². The Hall–Kier alpha value is -2.27. The van der Waals surface area contributed by atoms with Crippen LogP contribution in [0.2, 0.25) is 0 Å². The molecule has 0 aliphatic rings. The Kier molecular flexibility index (Phi) is 2.97. The van der Waals surface area contributed by atoms with E-state index in [4.69, 9.17) is 0 Å². The number of thiazole rings is 1. The van der Waals surface area contributed by atoms with Crippen LogP contribution in [0.5, 0.6) is 0 Å². The van der Waals surface area contributed by atoms with Crippen molar-refractivity contribution in [1.29, 1.82) is 0 Å². The Morgan fingerprint density at radius 1 is 1.11 bits per heavy atom. The molecule has 0 radical (unpaired) electrons. The third-order valence-electron chi connectivity index (χ3n) is 2.67. The van der Waals surface area contributed by atoms with Gasteiger partial charge in [-0.15, -0.1) is 11.3 Å². The fraction of sp³-hybridized carbons (Fsp3) is 0.0714. The van der Waals surface area contributed by atoms with Gasteiger partial charge in [-0.05, 0) is 6.92 Å². The maximum Gasteiger partial charge on any atom is 0.251 e. The van der Waals surface area contributed by atoms with E-state index in [0.717, 1.165) is 16.3 Å². The first-order valence-corrected chi connectivity index (χ1v) is 6.69. The topological polar surface area (TPSA) is 58.6 Å². The van der Waals surface area contributed by atoms with Crippen molar-refractivity contribution in [2.45, 2.75) is 6.92 Å². The number of aromatic nitrogens is 3. The Morgan fingerprint density at radius 3 is 2.58 bits per heavy atom. The molecular formula is C14H11N3OS. The highest BCUT2D eigenvalue weighted by atomic mass is 32.1. The average molecular weight is 269 g/mol. The molecule has 5 heteroatoms. The van der Waals surface area contributed by atoms with E-state index in [-0.39, 0.29) is 5.56 Å². The Bertz CT molecular complexity index is 762. The number of nitrogens with zero attached hydrogens (tertiary/aromatic N) is 2. The Morgan fingerprint density at radius 2 is 1.89 bits per heavy atom. The third-order valence-corrected chi connectivity index (χ3v) is 3.44. The molecule has 0 aliphatic carbocycles. The molecule has 19 heavy (non-hydrogen) atoms. The molecule has 0 fully saturated rings. The second-order valence-electron chi connectivity index (χ2n) is 4.10. The summed E-state index contributed by atoms with van der Waals surface area (Å²) in [7, 11) is 0. The molecular weight excluding hydrogens is 258 g/mol. The molecule has 0 atom stereocenters. The molecule has 0 saturated carbocycles. The summed E-state index contributed by atoms with van der Waals surface area (Å²) in [5.74, 6) is 0.564. The summed E-state index contributed by atoms with van der Waals surface area (Å²) in [5, 5.41) is 2.87. The first-order valence-electron chi connectivity index (χ1n) is 5.82. The number of benzene rings is 1. The predicted molar refractivity (Wildman–Crippen MR) is 76.1 cm³/mol. The second kappa shape index (κ2) is 4.78. The minimum atomic E-state index is -0.172. The van der Waals surface area contributed by atoms with E-state index in [2.05, 4.69) is 15.0 Å². The molecule has 2 heterocycles. The van der Waals surface area contributed by atoms with Crippen LogP contribution in [-0.4, -0.2) is 15.0 Å². The minimum absolute atomic E-state index is 0.172. The van der Waals surface area contributed by atoms with Crippen molar-refractivity contribution in [3.8, 4) is 22.8 Å². The zero-order valence-electron chi connectivity index (χ0n) is 10.3. The molecule has 94 valence electrons. The van der Waals surface area contributed by atoms with Crippen molar-refractivity contribution in [2.75, 3.05) is 0 Å². The van der Waals surface area contributed by atoms with Crippen LogP contribution in [-0.2, 0) is 0 Å². The van der Waals surface area contributed by atoms with Crippen molar-refractivity contribution in [1.82, 2.24) is 15.0 Å². The van der Waals surface area contributed by atoms with Crippen molar-refractivity contribution < 1.29 is 0 Å². The molecule has 4 nitrogen and oxygen atoms in total. The number of hydrogen-bond acceptors (Lipinski definition) is 4. The lowest BCUT2D eigenvalue weighted by Crippen LogP contribution is -2.08. The van der Waals surface area contributed by atoms with Gasteiger partial charge in [0.2, 0.25) is 0 Å². The van der Waals surface area contributed by atoms with Gasteiger partial charge in [0.05, 0.1) is 10.7 Å². The first-order chi connectivity index (χ1) is 9.22. The van der Waals surface area contributed by atoms with E-state index < -0.39 is 0 Å². The van der Waals surface area contributed by atoms with Crippen LogP contribution in [0, 0.1) is 6.92 Å². The van der Waals surface area contributed by atoms with Gasteiger partial charge in [-0.2, -0.15) is 0 Å². The van der Waals surface area contributed by atoms with E-state index in [1.165, 1.54) is 6.07 Å². The van der Waals surface area contributed by atoms with Gasteiger partial charge in [0.15, 0.2) is 0 Å². The SMILES string of the molecule is Cc1nc(-c2cc(=O)[nH]c(-c3ccccc3)n2)cs1. The Balaban J connectivity index is 2.14. The summed E-state index contributed by atoms with van der Waals surface area (Å²) in [6, 6.07) is 11.0. The van der Waals surface area contributed by atoms with Crippen LogP contribution in [0.25, 0.3) is 22.8 Å². The fourth-order valence-electron chi connectivity index (χ4n) is 1.80. The molecule has 0 spiro atoms. The standard InChI is InChI=1S/C14H11N3OS/c1-9-15-12(8-19-9)11-7-13(18)17-14(16-11)10-5-3-2-4-6-10/h2-8H,1H3,(H,16,17,18). The van der Waals surface area contributed by atoms with Gasteiger partial charge in [-0.1, -0.05) is 30.3 Å². The smallest absolute Gasteiger partial charge is 0.251 e. The van der Waals surface area contributed by atoms with Crippen LogP contribution in [0.15, 0.2) is 46.6 Å². The summed E-state index contributed by atoms with van der Waals surface area (Å²) < 4.78 is 0. The average Bonchev–Trinajstić information content (AvgIpc) is 2.86. The van der Waals surface area contributed by atoms with E-state index in [1.54, 1.807) is 11.3 Å². The van der Waals surface area contributed by atoms with Gasteiger partial charge in [-0.25, -0.2) is 9.97 Å². The van der Waals surface area contributed by atoms with Gasteiger partial charge in [0, 0.05) is 17.0 Å². The molecule has 0 aliphatic heterocycles. The highest BCUT2D eigenvalue weighted by Gasteiger charge is 2.08. The maximum absolute atomic E-state index is 11.7. The molecule has 3 aromatic rings. The number of hydrogen-bond donors (Lipinski definition) is 1. The molecule has 0 amide bonds. The number of aromatic amines is 1. The zero-order chi connectivity index (χ0) is 13.2. The summed E-state index contributed by atoms with van der Waals surface area (Å²) in [5.41, 5.74) is 2.06. The normalized spacial score (nSPS) is 10.6. The third kappa shape index (κ3) is 2.46. The van der Waals surface area contributed by atoms with Crippen LogP contribution in [0.3, 0.4) is 0 Å². The Labute approximate surface area is 113 Å². The number of aryl methyl sites for hydroxylation is 1. The lowest BCUT2D eigenvalue weighted by molar-refractivity contribution is 1.12. The van der Waals surface area contributed by atoms with Crippen LogP contribution in [0.4, 0.5) is 0 Å². The largest absolute Gasteiger partial charge is 0.306 e. The minimum Gasteiger partial charge on any atom is -0.306 e. The van der Waals surface area contributed by atoms with E-state index in [1.807, 2.05) is 42.6 Å². The van der Waals surface area contributed by atoms with Crippen LogP contribution >= 0.6 is 11.3 Å². The van der Waals surface area contributed by atoms with Crippen LogP contribution in [0.1, 0.15) is 5.01 Å². The van der Waals surface area contributed by atoms with Gasteiger partial charge in [0.1, 0.15) is 11.5 Å². The van der Waals surface area contributed by atoms with Crippen molar-refractivity contribution in [2.24, 2.45) is 0 Å². The summed E-state index contributed by atoms with van der Waals surface area (Å²) in [4.78, 5) is 23.3. The van der Waals surface area contributed by atoms with Crippen LogP contribution < -0.4 is 5.56 Å². The molecule has 1 aromatic carbocycles. The monoisotopic (exact) mass is 269 g/mol. The lowest BCUT2D eigenvalue weighted by atomic mass is 10.2. The number of nitrogens with one attached hydrogen (secondary N) is 1. The van der Waals surface area contributed by atoms with Gasteiger partial charge >= 0.3 is 0 Å². The van der Waals surface area contributed by atoms with E-state index in [0.29, 0.717) is 11.5 Å². The van der Waals surface area contributed by atoms with E-state index >= 15 is 0 Å². The van der Waals surface area contributed by atoms with Gasteiger partial charge in [0.25, 0.3) is 5.56 Å². The molecule has 2 aromatic heterocycles. The first kappa shape index (κ1) is 11.8. The maximum atomic E-state index is 11.7.